The highest BCUT2D eigenvalue weighted by Crippen LogP contribution is 2.29. The molecule has 1 aliphatic heterocycles. The van der Waals surface area contributed by atoms with Crippen LogP contribution >= 0.6 is 0 Å². The molecule has 1 amide bonds. The Kier molecular flexibility index (Phi) is 4.73. The van der Waals surface area contributed by atoms with Crippen molar-refractivity contribution in [1.29, 1.82) is 0 Å². The van der Waals surface area contributed by atoms with Gasteiger partial charge in [0.05, 0.1) is 25.8 Å². The van der Waals surface area contributed by atoms with Crippen molar-refractivity contribution in [2.75, 3.05) is 20.2 Å². The van der Waals surface area contributed by atoms with Crippen LogP contribution in [-0.2, 0) is 14.3 Å². The summed E-state index contributed by atoms with van der Waals surface area (Å²) in [5.74, 6) is -0.869. The minimum absolute atomic E-state index is 0.105. The summed E-state index contributed by atoms with van der Waals surface area (Å²) >= 11 is 0. The number of hydrogen-bond acceptors (Lipinski definition) is 4. The molecular formula is C17H20FNO4. The van der Waals surface area contributed by atoms with E-state index in [0.29, 0.717) is 16.7 Å². The van der Waals surface area contributed by atoms with Crippen LogP contribution in [0.5, 0.6) is 0 Å². The molecule has 0 fully saturated rings. The fourth-order valence-corrected chi connectivity index (χ4v) is 2.31. The van der Waals surface area contributed by atoms with Crippen molar-refractivity contribution in [3.63, 3.8) is 0 Å². The van der Waals surface area contributed by atoms with Crippen LogP contribution in [0.3, 0.4) is 0 Å². The molecular weight excluding hydrogens is 301 g/mol. The summed E-state index contributed by atoms with van der Waals surface area (Å²) in [4.78, 5) is 25.6. The summed E-state index contributed by atoms with van der Waals surface area (Å²) in [6.07, 6.45) is -0.504. The van der Waals surface area contributed by atoms with Crippen molar-refractivity contribution in [2.24, 2.45) is 0 Å². The molecule has 2 rings (SSSR count). The summed E-state index contributed by atoms with van der Waals surface area (Å²) in [7, 11) is 1.29. The summed E-state index contributed by atoms with van der Waals surface area (Å²) in [6.45, 7) is 5.64. The van der Waals surface area contributed by atoms with E-state index >= 15 is 0 Å². The third kappa shape index (κ3) is 4.09. The number of ether oxygens (including phenoxy) is 2. The zero-order chi connectivity index (χ0) is 17.2. The largest absolute Gasteiger partial charge is 0.466 e. The highest BCUT2D eigenvalue weighted by molar-refractivity contribution is 6.01. The first-order chi connectivity index (χ1) is 10.7. The topological polar surface area (TPSA) is 55.8 Å². The zero-order valence-electron chi connectivity index (χ0n) is 13.7. The van der Waals surface area contributed by atoms with Gasteiger partial charge in [0.1, 0.15) is 11.4 Å². The van der Waals surface area contributed by atoms with E-state index in [4.69, 9.17) is 9.47 Å². The van der Waals surface area contributed by atoms with Crippen LogP contribution < -0.4 is 0 Å². The van der Waals surface area contributed by atoms with Crippen LogP contribution in [-0.4, -0.2) is 42.8 Å². The smallest absolute Gasteiger partial charge is 0.410 e. The lowest BCUT2D eigenvalue weighted by atomic mass is 10.0. The van der Waals surface area contributed by atoms with Gasteiger partial charge in [-0.05, 0) is 44.0 Å². The van der Waals surface area contributed by atoms with Crippen LogP contribution in [0.1, 0.15) is 26.3 Å². The number of esters is 1. The Labute approximate surface area is 134 Å². The van der Waals surface area contributed by atoms with Crippen molar-refractivity contribution in [3.8, 4) is 0 Å². The molecule has 1 aromatic rings. The zero-order valence-corrected chi connectivity index (χ0v) is 13.7. The standard InChI is InChI=1S/C17H20FNO4/c1-17(2,3)23-16(21)19-9-13(14(10-19)15(20)22-4)11-5-7-12(18)8-6-11/h5-8H,9-10H2,1-4H3. The third-order valence-corrected chi connectivity index (χ3v) is 3.34. The Morgan fingerprint density at radius 2 is 1.74 bits per heavy atom. The molecule has 0 aliphatic carbocycles. The molecule has 23 heavy (non-hydrogen) atoms. The van der Waals surface area contributed by atoms with Gasteiger partial charge in [-0.1, -0.05) is 12.1 Å². The number of rotatable bonds is 2. The lowest BCUT2D eigenvalue weighted by molar-refractivity contribution is -0.136. The second kappa shape index (κ2) is 6.40. The molecule has 0 saturated heterocycles. The SMILES string of the molecule is COC(=O)C1=C(c2ccc(F)cc2)CN(C(=O)OC(C)(C)C)C1. The maximum atomic E-state index is 13.1. The Balaban J connectivity index is 2.27. The summed E-state index contributed by atoms with van der Waals surface area (Å²) in [5.41, 5.74) is 1.08. The monoisotopic (exact) mass is 321 g/mol. The second-order valence-electron chi connectivity index (χ2n) is 6.29. The van der Waals surface area contributed by atoms with Crippen LogP contribution in [0.2, 0.25) is 0 Å². The molecule has 0 N–H and O–H groups in total. The second-order valence-corrected chi connectivity index (χ2v) is 6.29. The molecule has 0 saturated carbocycles. The van der Waals surface area contributed by atoms with Gasteiger partial charge >= 0.3 is 12.1 Å². The number of carbonyl (C=O) groups excluding carboxylic acids is 2. The molecule has 124 valence electrons. The van der Waals surface area contributed by atoms with Gasteiger partial charge in [-0.25, -0.2) is 14.0 Å². The molecule has 6 heteroatoms. The molecule has 1 aliphatic rings. The minimum Gasteiger partial charge on any atom is -0.466 e. The van der Waals surface area contributed by atoms with Crippen LogP contribution in [0.4, 0.5) is 9.18 Å². The van der Waals surface area contributed by atoms with E-state index in [-0.39, 0.29) is 18.9 Å². The quantitative estimate of drug-likeness (QED) is 0.786. The molecule has 5 nitrogen and oxygen atoms in total. The fourth-order valence-electron chi connectivity index (χ4n) is 2.31. The van der Waals surface area contributed by atoms with Gasteiger partial charge in [-0.2, -0.15) is 0 Å². The molecule has 0 bridgehead atoms. The number of benzene rings is 1. The number of methoxy groups -OCH3 is 1. The van der Waals surface area contributed by atoms with E-state index < -0.39 is 17.7 Å². The number of amides is 1. The Morgan fingerprint density at radius 1 is 1.13 bits per heavy atom. The van der Waals surface area contributed by atoms with Gasteiger partial charge in [-0.3, -0.25) is 4.90 Å². The lowest BCUT2D eigenvalue weighted by Gasteiger charge is -2.24. The minimum atomic E-state index is -0.624. The number of carbonyl (C=O) groups is 2. The molecule has 1 heterocycles. The maximum Gasteiger partial charge on any atom is 0.410 e. The van der Waals surface area contributed by atoms with Gasteiger partial charge in [0, 0.05) is 0 Å². The third-order valence-electron chi connectivity index (χ3n) is 3.34. The Bertz CT molecular complexity index is 644. The predicted octanol–water partition coefficient (Wildman–Crippen LogP) is 3.00. The predicted molar refractivity (Wildman–Crippen MR) is 83.1 cm³/mol. The molecule has 0 unspecified atom stereocenters. The molecule has 0 aromatic heterocycles. The van der Waals surface area contributed by atoms with Crippen LogP contribution in [0.25, 0.3) is 5.57 Å². The Hall–Kier alpha value is -2.37. The van der Waals surface area contributed by atoms with Gasteiger partial charge in [0.25, 0.3) is 0 Å². The van der Waals surface area contributed by atoms with E-state index in [0.717, 1.165) is 0 Å². The number of hydrogen-bond donors (Lipinski definition) is 0. The van der Waals surface area contributed by atoms with Crippen molar-refractivity contribution < 1.29 is 23.5 Å². The average molecular weight is 321 g/mol. The van der Waals surface area contributed by atoms with E-state index in [1.54, 1.807) is 32.9 Å². The number of nitrogens with zero attached hydrogens (tertiary/aromatic N) is 1. The summed E-state index contributed by atoms with van der Waals surface area (Å²) < 4.78 is 23.2. The van der Waals surface area contributed by atoms with E-state index in [1.165, 1.54) is 24.1 Å². The normalized spacial score (nSPS) is 14.9. The maximum absolute atomic E-state index is 13.1. The first kappa shape index (κ1) is 17.0. The highest BCUT2D eigenvalue weighted by Gasteiger charge is 2.33. The molecule has 0 radical (unpaired) electrons. The molecule has 0 spiro atoms. The summed E-state index contributed by atoms with van der Waals surface area (Å²) in [5, 5.41) is 0. The van der Waals surface area contributed by atoms with Gasteiger partial charge in [0.15, 0.2) is 0 Å². The number of halogens is 1. The highest BCUT2D eigenvalue weighted by atomic mass is 19.1. The van der Waals surface area contributed by atoms with E-state index in [1.807, 2.05) is 0 Å². The van der Waals surface area contributed by atoms with Crippen molar-refractivity contribution >= 4 is 17.6 Å². The van der Waals surface area contributed by atoms with Gasteiger partial charge in [-0.15, -0.1) is 0 Å². The van der Waals surface area contributed by atoms with Gasteiger partial charge in [0.2, 0.25) is 0 Å². The summed E-state index contributed by atoms with van der Waals surface area (Å²) in [6, 6.07) is 5.78. The van der Waals surface area contributed by atoms with E-state index in [2.05, 4.69) is 0 Å². The van der Waals surface area contributed by atoms with Crippen LogP contribution in [0.15, 0.2) is 29.8 Å². The lowest BCUT2D eigenvalue weighted by Crippen LogP contribution is -2.36. The van der Waals surface area contributed by atoms with Crippen molar-refractivity contribution in [3.05, 3.63) is 41.2 Å². The Morgan fingerprint density at radius 3 is 2.26 bits per heavy atom. The van der Waals surface area contributed by atoms with E-state index in [9.17, 15) is 14.0 Å². The fraction of sp³-hybridized carbons (Fsp3) is 0.412. The molecule has 1 aromatic carbocycles. The first-order valence-corrected chi connectivity index (χ1v) is 7.25. The first-order valence-electron chi connectivity index (χ1n) is 7.25. The van der Waals surface area contributed by atoms with Crippen LogP contribution in [0, 0.1) is 5.82 Å². The average Bonchev–Trinajstić information content (AvgIpc) is 2.91. The molecule has 0 atom stereocenters. The van der Waals surface area contributed by atoms with Gasteiger partial charge < -0.3 is 9.47 Å². The van der Waals surface area contributed by atoms with Crippen molar-refractivity contribution in [1.82, 2.24) is 4.90 Å². The van der Waals surface area contributed by atoms with Crippen molar-refractivity contribution in [2.45, 2.75) is 26.4 Å².